The molecule has 9 nitrogen and oxygen atoms in total. The van der Waals surface area contributed by atoms with E-state index in [9.17, 15) is 10.2 Å². The van der Waals surface area contributed by atoms with Gasteiger partial charge in [0.15, 0.2) is 0 Å². The number of H-pyrrole nitrogens is 1. The fourth-order valence-corrected chi connectivity index (χ4v) is 4.27. The van der Waals surface area contributed by atoms with Crippen molar-refractivity contribution in [3.8, 4) is 22.0 Å². The number of aliphatic hydroxyl groups is 2. The molecule has 3 heterocycles. The molecule has 2 aromatic carbocycles. The quantitative estimate of drug-likeness (QED) is 0.287. The molecule has 3 aromatic heterocycles. The average Bonchev–Trinajstić information content (AvgIpc) is 3.56. The lowest BCUT2D eigenvalue weighted by Crippen LogP contribution is -2.03. The predicted octanol–water partition coefficient (Wildman–Crippen LogP) is 4.47. The lowest BCUT2D eigenvalue weighted by molar-refractivity contribution is 0.0957. The number of fused-ring (bicyclic) bond motifs is 1. The summed E-state index contributed by atoms with van der Waals surface area (Å²) >= 11 is 7.81. The fourth-order valence-electron chi connectivity index (χ4n) is 3.27. The van der Waals surface area contributed by atoms with Crippen molar-refractivity contribution >= 4 is 44.7 Å². The van der Waals surface area contributed by atoms with Gasteiger partial charge in [0, 0.05) is 16.5 Å². The van der Waals surface area contributed by atoms with E-state index in [0.29, 0.717) is 43.4 Å². The zero-order chi connectivity index (χ0) is 22.2. The molecule has 162 valence electrons. The summed E-state index contributed by atoms with van der Waals surface area (Å²) in [5.41, 5.74) is 4.16. The van der Waals surface area contributed by atoms with Gasteiger partial charge in [-0.1, -0.05) is 22.9 Å². The van der Waals surface area contributed by atoms with E-state index < -0.39 is 12.7 Å². The summed E-state index contributed by atoms with van der Waals surface area (Å²) in [6, 6.07) is 9.06. The van der Waals surface area contributed by atoms with Gasteiger partial charge in [0.05, 0.1) is 34.7 Å². The zero-order valence-electron chi connectivity index (χ0n) is 16.7. The maximum absolute atomic E-state index is 10.2. The van der Waals surface area contributed by atoms with E-state index in [0.717, 1.165) is 16.6 Å². The molecule has 0 aliphatic carbocycles. The summed E-state index contributed by atoms with van der Waals surface area (Å²) in [6.45, 7) is 1.42. The summed E-state index contributed by atoms with van der Waals surface area (Å²) in [4.78, 5) is 4.36. The van der Waals surface area contributed by atoms with Gasteiger partial charge in [-0.3, -0.25) is 5.10 Å². The van der Waals surface area contributed by atoms with Gasteiger partial charge in [0.2, 0.25) is 11.0 Å². The van der Waals surface area contributed by atoms with Crippen LogP contribution in [0.3, 0.4) is 0 Å². The van der Waals surface area contributed by atoms with Crippen LogP contribution >= 0.6 is 22.9 Å². The van der Waals surface area contributed by atoms with E-state index >= 15 is 0 Å². The Hall–Kier alpha value is -3.31. The number of hydrogen-bond acceptors (Lipinski definition) is 9. The molecule has 0 aliphatic rings. The fraction of sp³-hybridized carbons (Fsp3) is 0.143. The molecule has 0 radical (unpaired) electrons. The van der Waals surface area contributed by atoms with Crippen molar-refractivity contribution in [1.29, 1.82) is 0 Å². The van der Waals surface area contributed by atoms with E-state index in [-0.39, 0.29) is 0 Å². The minimum atomic E-state index is -1.05. The Bertz CT molecular complexity index is 1410. The molecule has 32 heavy (non-hydrogen) atoms. The van der Waals surface area contributed by atoms with Crippen LogP contribution in [0.4, 0.5) is 10.8 Å². The first kappa shape index (κ1) is 20.6. The molecule has 4 N–H and O–H groups in total. The van der Waals surface area contributed by atoms with Gasteiger partial charge >= 0.3 is 0 Å². The molecule has 1 atom stereocenters. The lowest BCUT2D eigenvalue weighted by atomic mass is 10.0. The van der Waals surface area contributed by atoms with Crippen LogP contribution in [0.25, 0.3) is 32.9 Å². The highest BCUT2D eigenvalue weighted by Gasteiger charge is 2.17. The summed E-state index contributed by atoms with van der Waals surface area (Å²) in [6.07, 6.45) is 2.17. The van der Waals surface area contributed by atoms with Crippen LogP contribution < -0.4 is 5.32 Å². The number of oxazole rings is 1. The number of aryl methyl sites for hydroxylation is 1. The van der Waals surface area contributed by atoms with Crippen molar-refractivity contribution in [3.05, 3.63) is 59.1 Å². The number of halogens is 1. The molecule has 0 amide bonds. The van der Waals surface area contributed by atoms with Crippen molar-refractivity contribution in [2.24, 2.45) is 0 Å². The number of benzene rings is 2. The third-order valence-electron chi connectivity index (χ3n) is 4.85. The van der Waals surface area contributed by atoms with E-state index in [4.69, 9.17) is 16.0 Å². The van der Waals surface area contributed by atoms with Crippen molar-refractivity contribution in [2.75, 3.05) is 11.9 Å². The molecule has 0 saturated carbocycles. The van der Waals surface area contributed by atoms with Crippen LogP contribution in [-0.2, 0) is 0 Å². The second-order valence-electron chi connectivity index (χ2n) is 7.13. The molecule has 0 bridgehead atoms. The summed E-state index contributed by atoms with van der Waals surface area (Å²) in [7, 11) is 0. The van der Waals surface area contributed by atoms with Crippen LogP contribution in [0, 0.1) is 6.92 Å². The number of nitrogens with zero attached hydrogens (tertiary/aromatic N) is 4. The molecule has 5 rings (SSSR count). The van der Waals surface area contributed by atoms with Gasteiger partial charge in [-0.25, -0.2) is 4.98 Å². The van der Waals surface area contributed by atoms with Gasteiger partial charge < -0.3 is 19.9 Å². The highest BCUT2D eigenvalue weighted by atomic mass is 35.5. The molecule has 0 fully saturated rings. The lowest BCUT2D eigenvalue weighted by Gasteiger charge is -2.10. The smallest absolute Gasteiger partial charge is 0.226 e. The van der Waals surface area contributed by atoms with Crippen molar-refractivity contribution in [2.45, 2.75) is 13.0 Å². The molecule has 0 spiro atoms. The molecular formula is C21H17ClN6O3S. The van der Waals surface area contributed by atoms with Gasteiger partial charge in [-0.15, -0.1) is 10.2 Å². The van der Waals surface area contributed by atoms with Crippen LogP contribution in [0.1, 0.15) is 17.4 Å². The second kappa shape index (κ2) is 8.32. The molecule has 11 heteroatoms. The molecule has 1 unspecified atom stereocenters. The highest BCUT2D eigenvalue weighted by Crippen LogP contribution is 2.36. The maximum atomic E-state index is 10.2. The van der Waals surface area contributed by atoms with E-state index in [1.807, 2.05) is 25.1 Å². The molecule has 0 aliphatic heterocycles. The number of nitrogens with one attached hydrogen (secondary N) is 2. The monoisotopic (exact) mass is 468 g/mol. The van der Waals surface area contributed by atoms with Gasteiger partial charge in [-0.2, -0.15) is 5.10 Å². The van der Waals surface area contributed by atoms with Crippen LogP contribution in [0.5, 0.6) is 0 Å². The van der Waals surface area contributed by atoms with Crippen LogP contribution in [-0.4, -0.2) is 42.2 Å². The van der Waals surface area contributed by atoms with Crippen LogP contribution in [0.15, 0.2) is 47.2 Å². The third kappa shape index (κ3) is 3.84. The van der Waals surface area contributed by atoms with Crippen molar-refractivity contribution < 1.29 is 14.6 Å². The van der Waals surface area contributed by atoms with Gasteiger partial charge in [0.1, 0.15) is 17.4 Å². The maximum Gasteiger partial charge on any atom is 0.226 e. The predicted molar refractivity (Wildman–Crippen MR) is 122 cm³/mol. The first-order valence-corrected chi connectivity index (χ1v) is 10.8. The van der Waals surface area contributed by atoms with E-state index in [1.54, 1.807) is 24.6 Å². The summed E-state index contributed by atoms with van der Waals surface area (Å²) in [5.74, 6) is 0.416. The number of hydrogen-bond donors (Lipinski definition) is 4. The zero-order valence-corrected chi connectivity index (χ0v) is 18.3. The van der Waals surface area contributed by atoms with Crippen molar-refractivity contribution in [1.82, 2.24) is 25.4 Å². The Balaban J connectivity index is 1.50. The molecule has 5 aromatic rings. The minimum Gasteiger partial charge on any atom is -0.444 e. The van der Waals surface area contributed by atoms with Crippen LogP contribution in [0.2, 0.25) is 5.02 Å². The summed E-state index contributed by atoms with van der Waals surface area (Å²) in [5, 5.41) is 40.7. The van der Waals surface area contributed by atoms with Gasteiger partial charge in [-0.05, 0) is 42.8 Å². The Labute approximate surface area is 190 Å². The minimum absolute atomic E-state index is 0.411. The highest BCUT2D eigenvalue weighted by molar-refractivity contribution is 7.18. The van der Waals surface area contributed by atoms with Gasteiger partial charge in [0.25, 0.3) is 0 Å². The Kier molecular flexibility index (Phi) is 5.35. The third-order valence-corrected chi connectivity index (χ3v) is 6.15. The SMILES string of the molecule is Cc1coc(-c2cc(-c3nnc(Nc4ccc5[nH]ncc5c4Cl)s3)cc(C(O)CO)c2)n1. The normalized spacial score (nSPS) is 12.4. The first-order valence-electron chi connectivity index (χ1n) is 9.60. The topological polar surface area (TPSA) is 133 Å². The Morgan fingerprint density at radius 1 is 1.22 bits per heavy atom. The van der Waals surface area contributed by atoms with E-state index in [2.05, 4.69) is 30.7 Å². The summed E-state index contributed by atoms with van der Waals surface area (Å²) < 4.78 is 5.51. The molecular weight excluding hydrogens is 452 g/mol. The number of aromatic nitrogens is 5. The molecule has 0 saturated heterocycles. The first-order chi connectivity index (χ1) is 15.5. The Morgan fingerprint density at radius 2 is 2.06 bits per heavy atom. The number of rotatable bonds is 6. The number of aromatic amines is 1. The van der Waals surface area contributed by atoms with E-state index in [1.165, 1.54) is 11.3 Å². The Morgan fingerprint density at radius 3 is 2.84 bits per heavy atom. The number of anilines is 2. The standard InChI is InChI=1S/C21H17ClN6O3S/c1-10-9-31-19(24-10)12-4-11(17(30)8-29)5-13(6-12)20-27-28-21(32-20)25-16-3-2-15-14(18(16)22)7-23-26-15/h2-7,9,17,29-30H,8H2,1H3,(H,23,26)(H,25,28). The van der Waals surface area contributed by atoms with Crippen molar-refractivity contribution in [3.63, 3.8) is 0 Å². The average molecular weight is 469 g/mol. The largest absolute Gasteiger partial charge is 0.444 e. The second-order valence-corrected chi connectivity index (χ2v) is 8.49. The number of aliphatic hydroxyl groups excluding tert-OH is 2.